The monoisotopic (exact) mass is 328 g/mol. The number of carbonyl (C=O) groups is 1. The van der Waals surface area contributed by atoms with E-state index in [4.69, 9.17) is 0 Å². The highest BCUT2D eigenvalue weighted by Gasteiger charge is 2.23. The third-order valence-electron chi connectivity index (χ3n) is 4.44. The molecule has 6 nitrogen and oxygen atoms in total. The largest absolute Gasteiger partial charge is 0.390 e. The number of aliphatic hydroxyl groups is 1. The zero-order valence-electron chi connectivity index (χ0n) is 14.0. The molecule has 1 fully saturated rings. The Bertz CT molecular complexity index is 671. The number of nitrogens with zero attached hydrogens (tertiary/aromatic N) is 4. The van der Waals surface area contributed by atoms with Gasteiger partial charge in [0.1, 0.15) is 0 Å². The topological polar surface area (TPSA) is 61.6 Å². The summed E-state index contributed by atoms with van der Waals surface area (Å²) in [5.74, 6) is 0.0231. The van der Waals surface area contributed by atoms with Gasteiger partial charge in [0.2, 0.25) is 5.91 Å². The summed E-state index contributed by atoms with van der Waals surface area (Å²) in [4.78, 5) is 15.5. The molecule has 1 amide bonds. The Balaban J connectivity index is 1.70. The van der Waals surface area contributed by atoms with Gasteiger partial charge in [0.05, 0.1) is 12.6 Å². The van der Waals surface area contributed by atoms with Crippen molar-refractivity contribution in [2.24, 2.45) is 0 Å². The first-order valence-corrected chi connectivity index (χ1v) is 8.32. The number of aliphatic hydroxyl groups excluding tert-OH is 1. The molecule has 1 aromatic carbocycles. The normalized spacial score (nSPS) is 19.2. The molecular formula is C18H24N4O2. The van der Waals surface area contributed by atoms with Gasteiger partial charge < -0.3 is 10.0 Å². The smallest absolute Gasteiger partial charge is 0.219 e. The van der Waals surface area contributed by atoms with Crippen molar-refractivity contribution in [3.05, 3.63) is 53.9 Å². The van der Waals surface area contributed by atoms with Crippen LogP contribution in [-0.4, -0.2) is 62.9 Å². The summed E-state index contributed by atoms with van der Waals surface area (Å²) in [6, 6.07) is 10.2. The molecule has 0 saturated carbocycles. The van der Waals surface area contributed by atoms with Gasteiger partial charge in [-0.2, -0.15) is 5.10 Å². The minimum atomic E-state index is -0.505. The van der Waals surface area contributed by atoms with Crippen molar-refractivity contribution in [1.82, 2.24) is 19.6 Å². The van der Waals surface area contributed by atoms with Crippen LogP contribution in [-0.2, 0) is 17.9 Å². The third-order valence-corrected chi connectivity index (χ3v) is 4.44. The van der Waals surface area contributed by atoms with E-state index in [0.717, 1.165) is 19.6 Å². The van der Waals surface area contributed by atoms with Crippen molar-refractivity contribution < 1.29 is 9.90 Å². The molecule has 1 saturated heterocycles. The number of hydrogen-bond acceptors (Lipinski definition) is 4. The van der Waals surface area contributed by atoms with Crippen LogP contribution in [0.1, 0.15) is 18.1 Å². The van der Waals surface area contributed by atoms with E-state index < -0.39 is 6.10 Å². The van der Waals surface area contributed by atoms with Gasteiger partial charge in [-0.05, 0) is 17.2 Å². The summed E-state index contributed by atoms with van der Waals surface area (Å²) < 4.78 is 1.91. The third kappa shape index (κ3) is 4.21. The van der Waals surface area contributed by atoms with E-state index in [9.17, 15) is 9.90 Å². The fourth-order valence-electron chi connectivity index (χ4n) is 3.16. The van der Waals surface area contributed by atoms with Crippen LogP contribution in [0.3, 0.4) is 0 Å². The van der Waals surface area contributed by atoms with Gasteiger partial charge in [-0.1, -0.05) is 24.3 Å². The molecule has 1 atom stereocenters. The first-order valence-electron chi connectivity index (χ1n) is 8.32. The van der Waals surface area contributed by atoms with Crippen molar-refractivity contribution in [2.45, 2.75) is 26.1 Å². The molecule has 1 aliphatic heterocycles. The van der Waals surface area contributed by atoms with Crippen LogP contribution in [0.4, 0.5) is 0 Å². The van der Waals surface area contributed by atoms with Crippen LogP contribution in [0.5, 0.6) is 0 Å². The summed E-state index contributed by atoms with van der Waals surface area (Å²) in [5.41, 5.74) is 2.46. The second kappa shape index (κ2) is 7.59. The molecule has 24 heavy (non-hydrogen) atoms. The number of aromatic nitrogens is 2. The first kappa shape index (κ1) is 16.7. The quantitative estimate of drug-likeness (QED) is 0.908. The SMILES string of the molecule is CC(=O)N1CCN(Cc2ccccc2Cn2cccn2)C[C@@H](O)C1. The number of rotatable bonds is 4. The van der Waals surface area contributed by atoms with Crippen LogP contribution in [0.15, 0.2) is 42.7 Å². The van der Waals surface area contributed by atoms with E-state index in [1.165, 1.54) is 11.1 Å². The fraction of sp³-hybridized carbons (Fsp3) is 0.444. The molecule has 1 aliphatic rings. The van der Waals surface area contributed by atoms with E-state index in [1.54, 1.807) is 18.0 Å². The number of carbonyl (C=O) groups excluding carboxylic acids is 1. The molecule has 0 bridgehead atoms. The molecule has 0 radical (unpaired) electrons. The van der Waals surface area contributed by atoms with E-state index in [2.05, 4.69) is 22.1 Å². The summed E-state index contributed by atoms with van der Waals surface area (Å²) in [7, 11) is 0. The Labute approximate surface area is 142 Å². The van der Waals surface area contributed by atoms with Crippen molar-refractivity contribution in [1.29, 1.82) is 0 Å². The molecule has 2 heterocycles. The summed E-state index contributed by atoms with van der Waals surface area (Å²) in [6.45, 7) is 5.49. The maximum atomic E-state index is 11.6. The summed E-state index contributed by atoms with van der Waals surface area (Å²) in [6.07, 6.45) is 3.23. The Hall–Kier alpha value is -2.18. The maximum absolute atomic E-state index is 11.6. The van der Waals surface area contributed by atoms with Crippen molar-refractivity contribution in [3.8, 4) is 0 Å². The van der Waals surface area contributed by atoms with Crippen LogP contribution >= 0.6 is 0 Å². The predicted octanol–water partition coefficient (Wildman–Crippen LogP) is 0.956. The Morgan fingerprint density at radius 3 is 2.58 bits per heavy atom. The second-order valence-electron chi connectivity index (χ2n) is 6.33. The molecule has 0 spiro atoms. The molecule has 0 aliphatic carbocycles. The fourth-order valence-corrected chi connectivity index (χ4v) is 3.16. The highest BCUT2D eigenvalue weighted by molar-refractivity contribution is 5.73. The molecule has 6 heteroatoms. The van der Waals surface area contributed by atoms with Crippen LogP contribution in [0, 0.1) is 0 Å². The Morgan fingerprint density at radius 1 is 1.17 bits per heavy atom. The molecule has 2 aromatic rings. The average molecular weight is 328 g/mol. The lowest BCUT2D eigenvalue weighted by Crippen LogP contribution is -2.36. The lowest BCUT2D eigenvalue weighted by Gasteiger charge is -2.22. The lowest BCUT2D eigenvalue weighted by atomic mass is 10.1. The standard InChI is InChI=1S/C18H24N4O2/c1-15(23)21-10-9-20(13-18(24)14-21)11-16-5-2-3-6-17(16)12-22-8-4-7-19-22/h2-8,18,24H,9-14H2,1H3/t18-/m1/s1. The Kier molecular flexibility index (Phi) is 5.27. The van der Waals surface area contributed by atoms with Crippen molar-refractivity contribution in [3.63, 3.8) is 0 Å². The summed E-state index contributed by atoms with van der Waals surface area (Å²) in [5, 5.41) is 14.5. The Morgan fingerprint density at radius 2 is 1.92 bits per heavy atom. The van der Waals surface area contributed by atoms with Gasteiger partial charge in [-0.25, -0.2) is 0 Å². The molecule has 0 unspecified atom stereocenters. The zero-order valence-corrected chi connectivity index (χ0v) is 14.0. The molecule has 128 valence electrons. The van der Waals surface area contributed by atoms with E-state index in [1.807, 2.05) is 29.1 Å². The highest BCUT2D eigenvalue weighted by Crippen LogP contribution is 2.15. The average Bonchev–Trinajstić information content (AvgIpc) is 2.98. The summed E-state index contributed by atoms with van der Waals surface area (Å²) >= 11 is 0. The first-order chi connectivity index (χ1) is 11.6. The number of benzene rings is 1. The second-order valence-corrected chi connectivity index (χ2v) is 6.33. The van der Waals surface area contributed by atoms with Gasteiger partial charge in [-0.15, -0.1) is 0 Å². The maximum Gasteiger partial charge on any atom is 0.219 e. The van der Waals surface area contributed by atoms with Crippen LogP contribution in [0.25, 0.3) is 0 Å². The lowest BCUT2D eigenvalue weighted by molar-refractivity contribution is -0.129. The minimum absolute atomic E-state index is 0.0231. The predicted molar refractivity (Wildman–Crippen MR) is 91.3 cm³/mol. The molecule has 1 aromatic heterocycles. The van der Waals surface area contributed by atoms with Gasteiger partial charge in [0.15, 0.2) is 0 Å². The van der Waals surface area contributed by atoms with E-state index >= 15 is 0 Å². The molecule has 3 rings (SSSR count). The van der Waals surface area contributed by atoms with Crippen molar-refractivity contribution in [2.75, 3.05) is 26.2 Å². The van der Waals surface area contributed by atoms with Gasteiger partial charge in [0, 0.05) is 52.0 Å². The zero-order chi connectivity index (χ0) is 16.9. The highest BCUT2D eigenvalue weighted by atomic mass is 16.3. The van der Waals surface area contributed by atoms with E-state index in [-0.39, 0.29) is 5.91 Å². The number of hydrogen-bond donors (Lipinski definition) is 1. The van der Waals surface area contributed by atoms with E-state index in [0.29, 0.717) is 19.6 Å². The molecule has 1 N–H and O–H groups in total. The number of amides is 1. The van der Waals surface area contributed by atoms with Crippen LogP contribution in [0.2, 0.25) is 0 Å². The van der Waals surface area contributed by atoms with Gasteiger partial charge in [0.25, 0.3) is 0 Å². The van der Waals surface area contributed by atoms with Crippen molar-refractivity contribution >= 4 is 5.91 Å². The van der Waals surface area contributed by atoms with Gasteiger partial charge in [-0.3, -0.25) is 14.4 Å². The molecular weight excluding hydrogens is 304 g/mol. The number of β-amino-alcohol motifs (C(OH)–C–C–N with tert-alkyl or cyclic N) is 1. The van der Waals surface area contributed by atoms with Crippen LogP contribution < -0.4 is 0 Å². The van der Waals surface area contributed by atoms with Gasteiger partial charge >= 0.3 is 0 Å². The minimum Gasteiger partial charge on any atom is -0.390 e.